The van der Waals surface area contributed by atoms with Gasteiger partial charge >= 0.3 is 6.09 Å². The molecule has 0 unspecified atom stereocenters. The molecule has 2 aromatic rings. The first-order valence-corrected chi connectivity index (χ1v) is 8.43. The second-order valence-corrected chi connectivity index (χ2v) is 7.11. The maximum Gasteiger partial charge on any atom is 0.407 e. The lowest BCUT2D eigenvalue weighted by Crippen LogP contribution is -2.37. The summed E-state index contributed by atoms with van der Waals surface area (Å²) in [5, 5.41) is 6.13. The lowest BCUT2D eigenvalue weighted by molar-refractivity contribution is 0.0526. The molecular formula is C17H21N3O3S. The Morgan fingerprint density at radius 3 is 2.46 bits per heavy atom. The van der Waals surface area contributed by atoms with Gasteiger partial charge in [-0.1, -0.05) is 30.3 Å². The Bertz CT molecular complexity index is 693. The Morgan fingerprint density at radius 2 is 1.79 bits per heavy atom. The van der Waals surface area contributed by atoms with Crippen LogP contribution < -0.4 is 10.6 Å². The van der Waals surface area contributed by atoms with Gasteiger partial charge in [0.1, 0.15) is 15.5 Å². The molecule has 0 radical (unpaired) electrons. The molecule has 2 N–H and O–H groups in total. The summed E-state index contributed by atoms with van der Waals surface area (Å²) < 4.78 is 5.11. The molecule has 2 rings (SSSR count). The minimum absolute atomic E-state index is 0.208. The Hall–Kier alpha value is -2.41. The van der Waals surface area contributed by atoms with E-state index in [0.29, 0.717) is 18.0 Å². The van der Waals surface area contributed by atoms with E-state index in [-0.39, 0.29) is 5.91 Å². The topological polar surface area (TPSA) is 80.3 Å². The highest BCUT2D eigenvalue weighted by molar-refractivity contribution is 7.16. The van der Waals surface area contributed by atoms with Gasteiger partial charge in [-0.25, -0.2) is 9.78 Å². The standard InChI is InChI=1S/C17H21N3O3S/c1-17(2,3)23-16(22)19-10-9-18-14(21)13-11-20-15(24-13)12-7-5-4-6-8-12/h4-8,11H,9-10H2,1-3H3,(H,18,21)(H,19,22). The van der Waals surface area contributed by atoms with E-state index in [1.165, 1.54) is 11.3 Å². The Labute approximate surface area is 145 Å². The number of alkyl carbamates (subject to hydrolysis) is 1. The van der Waals surface area contributed by atoms with Gasteiger partial charge < -0.3 is 15.4 Å². The molecule has 0 aliphatic rings. The molecule has 1 heterocycles. The van der Waals surface area contributed by atoms with Crippen LogP contribution in [0.3, 0.4) is 0 Å². The van der Waals surface area contributed by atoms with Gasteiger partial charge in [-0.05, 0) is 20.8 Å². The molecule has 0 spiro atoms. The third-order valence-corrected chi connectivity index (χ3v) is 3.87. The van der Waals surface area contributed by atoms with E-state index in [4.69, 9.17) is 4.74 Å². The normalized spacial score (nSPS) is 11.0. The SMILES string of the molecule is CC(C)(C)OC(=O)NCCNC(=O)c1cnc(-c2ccccc2)s1. The number of thiazole rings is 1. The number of ether oxygens (including phenoxy) is 1. The van der Waals surface area contributed by atoms with Crippen LogP contribution in [0.25, 0.3) is 10.6 Å². The number of nitrogens with one attached hydrogen (secondary N) is 2. The third-order valence-electron chi connectivity index (χ3n) is 2.83. The molecule has 0 fully saturated rings. The molecule has 1 aromatic carbocycles. The van der Waals surface area contributed by atoms with E-state index in [0.717, 1.165) is 10.6 Å². The van der Waals surface area contributed by atoms with E-state index in [9.17, 15) is 9.59 Å². The fourth-order valence-corrected chi connectivity index (χ4v) is 2.67. The first-order valence-electron chi connectivity index (χ1n) is 7.61. The molecule has 6 nitrogen and oxygen atoms in total. The van der Waals surface area contributed by atoms with Gasteiger partial charge in [0.2, 0.25) is 0 Å². The minimum Gasteiger partial charge on any atom is -0.444 e. The summed E-state index contributed by atoms with van der Waals surface area (Å²) in [6.45, 7) is 6.00. The van der Waals surface area contributed by atoms with Crippen LogP contribution in [0.1, 0.15) is 30.4 Å². The monoisotopic (exact) mass is 347 g/mol. The van der Waals surface area contributed by atoms with Gasteiger partial charge in [0.05, 0.1) is 6.20 Å². The highest BCUT2D eigenvalue weighted by Crippen LogP contribution is 2.24. The van der Waals surface area contributed by atoms with Gasteiger partial charge in [-0.3, -0.25) is 4.79 Å². The average Bonchev–Trinajstić information content (AvgIpc) is 3.00. The lowest BCUT2D eigenvalue weighted by Gasteiger charge is -2.19. The van der Waals surface area contributed by atoms with Crippen molar-refractivity contribution in [3.05, 3.63) is 41.4 Å². The van der Waals surface area contributed by atoms with Gasteiger partial charge in [0, 0.05) is 18.7 Å². The predicted molar refractivity (Wildman–Crippen MR) is 94.1 cm³/mol. The van der Waals surface area contributed by atoms with Gasteiger partial charge in [-0.15, -0.1) is 11.3 Å². The van der Waals surface area contributed by atoms with Crippen LogP contribution in [-0.2, 0) is 4.74 Å². The average molecular weight is 347 g/mol. The number of hydrogen-bond acceptors (Lipinski definition) is 5. The quantitative estimate of drug-likeness (QED) is 0.815. The van der Waals surface area contributed by atoms with Gasteiger partial charge in [0.25, 0.3) is 5.91 Å². The van der Waals surface area contributed by atoms with Crippen molar-refractivity contribution in [2.45, 2.75) is 26.4 Å². The second-order valence-electron chi connectivity index (χ2n) is 6.08. The first kappa shape index (κ1) is 17.9. The van der Waals surface area contributed by atoms with Crippen LogP contribution in [0.4, 0.5) is 4.79 Å². The maximum absolute atomic E-state index is 12.1. The first-order chi connectivity index (χ1) is 11.3. The van der Waals surface area contributed by atoms with Crippen molar-refractivity contribution in [1.82, 2.24) is 15.6 Å². The van der Waals surface area contributed by atoms with Crippen LogP contribution in [0.5, 0.6) is 0 Å². The van der Waals surface area contributed by atoms with Crippen molar-refractivity contribution in [3.63, 3.8) is 0 Å². The number of aromatic nitrogens is 1. The number of nitrogens with zero attached hydrogens (tertiary/aromatic N) is 1. The number of carbonyl (C=O) groups excluding carboxylic acids is 2. The molecule has 0 bridgehead atoms. The summed E-state index contributed by atoms with van der Waals surface area (Å²) in [7, 11) is 0. The van der Waals surface area contributed by atoms with E-state index < -0.39 is 11.7 Å². The fourth-order valence-electron chi connectivity index (χ4n) is 1.84. The molecule has 0 saturated heterocycles. The van der Waals surface area contributed by atoms with E-state index in [2.05, 4.69) is 15.6 Å². The molecule has 128 valence electrons. The van der Waals surface area contributed by atoms with Crippen molar-refractivity contribution < 1.29 is 14.3 Å². The van der Waals surface area contributed by atoms with Crippen LogP contribution >= 0.6 is 11.3 Å². The van der Waals surface area contributed by atoms with Crippen molar-refractivity contribution in [2.24, 2.45) is 0 Å². The molecule has 1 aromatic heterocycles. The van der Waals surface area contributed by atoms with E-state index >= 15 is 0 Å². The maximum atomic E-state index is 12.1. The summed E-state index contributed by atoms with van der Waals surface area (Å²) in [6, 6.07) is 9.69. The molecule has 0 aliphatic heterocycles. The Balaban J connectivity index is 1.77. The second kappa shape index (κ2) is 7.92. The highest BCUT2D eigenvalue weighted by Gasteiger charge is 2.16. The molecule has 24 heavy (non-hydrogen) atoms. The lowest BCUT2D eigenvalue weighted by atomic mass is 10.2. The van der Waals surface area contributed by atoms with Gasteiger partial charge in [-0.2, -0.15) is 0 Å². The molecule has 2 amide bonds. The van der Waals surface area contributed by atoms with Crippen molar-refractivity contribution in [2.75, 3.05) is 13.1 Å². The summed E-state index contributed by atoms with van der Waals surface area (Å²) in [6.07, 6.45) is 1.06. The number of benzene rings is 1. The Morgan fingerprint density at radius 1 is 1.12 bits per heavy atom. The van der Waals surface area contributed by atoms with Crippen molar-refractivity contribution >= 4 is 23.3 Å². The summed E-state index contributed by atoms with van der Waals surface area (Å²) in [5.41, 5.74) is 0.442. The zero-order valence-electron chi connectivity index (χ0n) is 14.0. The van der Waals surface area contributed by atoms with Crippen LogP contribution in [-0.4, -0.2) is 35.7 Å². The fraction of sp³-hybridized carbons (Fsp3) is 0.353. The summed E-state index contributed by atoms with van der Waals surface area (Å²) >= 11 is 1.33. The molecule has 0 saturated carbocycles. The van der Waals surface area contributed by atoms with Crippen LogP contribution in [0.2, 0.25) is 0 Å². The highest BCUT2D eigenvalue weighted by atomic mass is 32.1. The molecule has 0 atom stereocenters. The molecule has 7 heteroatoms. The van der Waals surface area contributed by atoms with Crippen LogP contribution in [0, 0.1) is 0 Å². The number of hydrogen-bond donors (Lipinski definition) is 2. The number of carbonyl (C=O) groups is 2. The third kappa shape index (κ3) is 5.66. The Kier molecular flexibility index (Phi) is 5.92. The predicted octanol–water partition coefficient (Wildman–Crippen LogP) is 3.06. The minimum atomic E-state index is -0.538. The molecule has 0 aliphatic carbocycles. The van der Waals surface area contributed by atoms with Crippen LogP contribution in [0.15, 0.2) is 36.5 Å². The molecular weight excluding hydrogens is 326 g/mol. The smallest absolute Gasteiger partial charge is 0.407 e. The van der Waals surface area contributed by atoms with E-state index in [1.807, 2.05) is 30.3 Å². The van der Waals surface area contributed by atoms with Crippen molar-refractivity contribution in [3.8, 4) is 10.6 Å². The largest absolute Gasteiger partial charge is 0.444 e. The zero-order chi connectivity index (χ0) is 17.6. The zero-order valence-corrected chi connectivity index (χ0v) is 14.8. The van der Waals surface area contributed by atoms with Crippen molar-refractivity contribution in [1.29, 1.82) is 0 Å². The summed E-state index contributed by atoms with van der Waals surface area (Å²) in [5.74, 6) is -0.208. The number of rotatable bonds is 5. The summed E-state index contributed by atoms with van der Waals surface area (Å²) in [4.78, 5) is 28.4. The van der Waals surface area contributed by atoms with E-state index in [1.54, 1.807) is 27.0 Å². The number of amides is 2. The van der Waals surface area contributed by atoms with Gasteiger partial charge in [0.15, 0.2) is 0 Å².